The van der Waals surface area contributed by atoms with Gasteiger partial charge in [-0.2, -0.15) is 0 Å². The number of rotatable bonds is 2. The van der Waals surface area contributed by atoms with Crippen LogP contribution in [0.4, 0.5) is 4.79 Å². The number of hydrogen-bond donors (Lipinski definition) is 3. The summed E-state index contributed by atoms with van der Waals surface area (Å²) in [6, 6.07) is 15.9. The molecule has 1 heterocycles. The number of aromatic amines is 1. The second-order valence-electron chi connectivity index (χ2n) is 8.30. The van der Waals surface area contributed by atoms with Crippen LogP contribution in [0.5, 0.6) is 0 Å². The number of primary amides is 1. The lowest BCUT2D eigenvalue weighted by Crippen LogP contribution is -2.35. The molecule has 2 amide bonds. The topological polar surface area (TPSA) is 97.2 Å². The van der Waals surface area contributed by atoms with Gasteiger partial charge in [0.15, 0.2) is 0 Å². The van der Waals surface area contributed by atoms with Crippen LogP contribution in [-0.4, -0.2) is 28.6 Å². The minimum atomic E-state index is -0.725. The number of carbonyl (C=O) groups is 2. The van der Waals surface area contributed by atoms with E-state index < -0.39 is 11.7 Å². The Morgan fingerprint density at radius 2 is 1.73 bits per heavy atom. The van der Waals surface area contributed by atoms with E-state index in [9.17, 15) is 9.59 Å². The fraction of sp³-hybridized carbons (Fsp3) is 0.304. The average Bonchev–Trinajstić information content (AvgIpc) is 3.22. The number of hydrogen-bond acceptors (Lipinski definition) is 3. The predicted molar refractivity (Wildman–Crippen MR) is 119 cm³/mol. The summed E-state index contributed by atoms with van der Waals surface area (Å²) in [5, 5.41) is 4.74. The Bertz CT molecular complexity index is 1040. The van der Waals surface area contributed by atoms with Gasteiger partial charge >= 0.3 is 6.09 Å². The van der Waals surface area contributed by atoms with Crippen LogP contribution in [0.15, 0.2) is 48.5 Å². The van der Waals surface area contributed by atoms with Gasteiger partial charge < -0.3 is 20.8 Å². The number of fused-ring (bicyclic) bond motifs is 2. The van der Waals surface area contributed by atoms with Gasteiger partial charge in [-0.3, -0.25) is 4.79 Å². The molecule has 0 unspecified atom stereocenters. The lowest BCUT2D eigenvalue weighted by Gasteiger charge is -2.16. The number of aromatic nitrogens is 1. The molecule has 0 bridgehead atoms. The second-order valence-corrected chi connectivity index (χ2v) is 8.73. The maximum atomic E-state index is 12.4. The monoisotopic (exact) mass is 427 g/mol. The molecule has 0 atom stereocenters. The molecule has 1 aliphatic carbocycles. The van der Waals surface area contributed by atoms with Crippen molar-refractivity contribution in [3.63, 3.8) is 0 Å². The Labute approximate surface area is 180 Å². The number of amides is 2. The van der Waals surface area contributed by atoms with Gasteiger partial charge in [0.25, 0.3) is 5.91 Å². The Hall–Kier alpha value is -2.99. The van der Waals surface area contributed by atoms with Gasteiger partial charge in [-0.25, -0.2) is 4.79 Å². The average molecular weight is 428 g/mol. The zero-order chi connectivity index (χ0) is 21.9. The van der Waals surface area contributed by atoms with E-state index in [1.165, 1.54) is 11.1 Å². The highest BCUT2D eigenvalue weighted by Crippen LogP contribution is 2.23. The Morgan fingerprint density at radius 3 is 2.27 bits per heavy atom. The first-order valence-electron chi connectivity index (χ1n) is 9.75. The lowest BCUT2D eigenvalue weighted by atomic mass is 10.1. The van der Waals surface area contributed by atoms with Crippen LogP contribution >= 0.6 is 11.6 Å². The molecule has 0 spiro atoms. The summed E-state index contributed by atoms with van der Waals surface area (Å²) in [4.78, 5) is 25.6. The Balaban J connectivity index is 0.000000275. The Kier molecular flexibility index (Phi) is 6.37. The smallest absolute Gasteiger partial charge is 0.405 e. The van der Waals surface area contributed by atoms with Crippen molar-refractivity contribution < 1.29 is 14.3 Å². The summed E-state index contributed by atoms with van der Waals surface area (Å²) in [5.74, 6) is -0.0647. The molecule has 0 saturated heterocycles. The third-order valence-electron chi connectivity index (χ3n) is 4.62. The first-order chi connectivity index (χ1) is 14.1. The third kappa shape index (κ3) is 5.76. The quantitative estimate of drug-likeness (QED) is 0.557. The standard InChI is InChI=1S/C18H15ClN2O.C5H11NO2/c19-14-5-6-16-13(7-14)10-17(21-16)18(22)20-15-8-11-3-1-2-4-12(11)9-15;1-5(2,3)8-4(6)7/h1-7,10,15,21H,8-9H2,(H,20,22);1-3H3,(H2,6,7). The molecule has 1 aromatic heterocycles. The van der Waals surface area contributed by atoms with Gasteiger partial charge in [-0.15, -0.1) is 0 Å². The highest BCUT2D eigenvalue weighted by molar-refractivity contribution is 6.31. The van der Waals surface area contributed by atoms with Crippen LogP contribution in [0.25, 0.3) is 10.9 Å². The highest BCUT2D eigenvalue weighted by atomic mass is 35.5. The van der Waals surface area contributed by atoms with Crippen LogP contribution in [-0.2, 0) is 17.6 Å². The van der Waals surface area contributed by atoms with Gasteiger partial charge in [0.05, 0.1) is 0 Å². The Morgan fingerprint density at radius 1 is 1.10 bits per heavy atom. The predicted octanol–water partition coefficient (Wildman–Crippen LogP) is 4.60. The number of nitrogens with two attached hydrogens (primary N) is 1. The van der Waals surface area contributed by atoms with Crippen LogP contribution in [0.2, 0.25) is 5.02 Å². The molecule has 4 N–H and O–H groups in total. The van der Waals surface area contributed by atoms with Crippen molar-refractivity contribution in [2.75, 3.05) is 0 Å². The van der Waals surface area contributed by atoms with Gasteiger partial charge in [0.1, 0.15) is 11.3 Å². The molecular weight excluding hydrogens is 402 g/mol. The first-order valence-corrected chi connectivity index (χ1v) is 10.1. The number of nitrogens with one attached hydrogen (secondary N) is 2. The van der Waals surface area contributed by atoms with Crippen molar-refractivity contribution in [3.8, 4) is 0 Å². The highest BCUT2D eigenvalue weighted by Gasteiger charge is 2.23. The van der Waals surface area contributed by atoms with Crippen LogP contribution in [0, 0.1) is 0 Å². The molecular formula is C23H26ClN3O3. The van der Waals surface area contributed by atoms with E-state index in [0.29, 0.717) is 10.7 Å². The van der Waals surface area contributed by atoms with Gasteiger partial charge in [0, 0.05) is 22.0 Å². The third-order valence-corrected chi connectivity index (χ3v) is 4.86. The minimum absolute atomic E-state index is 0.0647. The molecule has 0 radical (unpaired) electrons. The number of benzene rings is 2. The lowest BCUT2D eigenvalue weighted by molar-refractivity contribution is 0.0599. The molecule has 6 nitrogen and oxygen atoms in total. The SMILES string of the molecule is CC(C)(C)OC(N)=O.O=C(NC1Cc2ccccc2C1)c1cc2cc(Cl)ccc2[nH]1. The second kappa shape index (κ2) is 8.79. The molecule has 0 aliphatic heterocycles. The number of halogens is 1. The molecule has 30 heavy (non-hydrogen) atoms. The number of ether oxygens (including phenoxy) is 1. The van der Waals surface area contributed by atoms with E-state index in [1.807, 2.05) is 36.4 Å². The summed E-state index contributed by atoms with van der Waals surface area (Å²) in [6.07, 6.45) is 1.07. The largest absolute Gasteiger partial charge is 0.444 e. The molecule has 7 heteroatoms. The van der Waals surface area contributed by atoms with E-state index in [1.54, 1.807) is 20.8 Å². The van der Waals surface area contributed by atoms with Crippen molar-refractivity contribution in [1.82, 2.24) is 10.3 Å². The zero-order valence-corrected chi connectivity index (χ0v) is 18.0. The molecule has 2 aromatic carbocycles. The van der Waals surface area contributed by atoms with Crippen molar-refractivity contribution in [1.29, 1.82) is 0 Å². The maximum absolute atomic E-state index is 12.4. The summed E-state index contributed by atoms with van der Waals surface area (Å²) < 4.78 is 4.58. The molecule has 1 aliphatic rings. The van der Waals surface area contributed by atoms with Crippen molar-refractivity contribution >= 4 is 34.5 Å². The van der Waals surface area contributed by atoms with Gasteiger partial charge in [-0.1, -0.05) is 35.9 Å². The molecule has 4 rings (SSSR count). The van der Waals surface area contributed by atoms with E-state index in [2.05, 4.69) is 27.2 Å². The molecule has 0 saturated carbocycles. The van der Waals surface area contributed by atoms with Crippen LogP contribution in [0.3, 0.4) is 0 Å². The summed E-state index contributed by atoms with van der Waals surface area (Å²) in [5.41, 5.74) is 8.42. The van der Waals surface area contributed by atoms with E-state index in [-0.39, 0.29) is 11.9 Å². The molecule has 0 fully saturated rings. The molecule has 3 aromatic rings. The number of H-pyrrole nitrogens is 1. The summed E-state index contributed by atoms with van der Waals surface area (Å²) in [6.45, 7) is 5.28. The minimum Gasteiger partial charge on any atom is -0.444 e. The van der Waals surface area contributed by atoms with E-state index >= 15 is 0 Å². The van der Waals surface area contributed by atoms with Crippen LogP contribution < -0.4 is 11.1 Å². The normalized spacial score (nSPS) is 13.3. The van der Waals surface area contributed by atoms with Crippen molar-refractivity contribution in [2.24, 2.45) is 5.73 Å². The fourth-order valence-corrected chi connectivity index (χ4v) is 3.63. The van der Waals surface area contributed by atoms with Gasteiger partial charge in [0.2, 0.25) is 0 Å². The first kappa shape index (κ1) is 21.7. The van der Waals surface area contributed by atoms with Crippen LogP contribution in [0.1, 0.15) is 42.4 Å². The maximum Gasteiger partial charge on any atom is 0.405 e. The number of carbonyl (C=O) groups excluding carboxylic acids is 2. The van der Waals surface area contributed by atoms with E-state index in [4.69, 9.17) is 17.3 Å². The van der Waals surface area contributed by atoms with E-state index in [0.717, 1.165) is 23.7 Å². The zero-order valence-electron chi connectivity index (χ0n) is 17.3. The van der Waals surface area contributed by atoms with Crippen molar-refractivity contribution in [2.45, 2.75) is 45.3 Å². The van der Waals surface area contributed by atoms with Crippen molar-refractivity contribution in [3.05, 3.63) is 70.4 Å². The summed E-state index contributed by atoms with van der Waals surface area (Å²) in [7, 11) is 0. The van der Waals surface area contributed by atoms with Gasteiger partial charge in [-0.05, 0) is 69.0 Å². The summed E-state index contributed by atoms with van der Waals surface area (Å²) >= 11 is 5.98. The fourth-order valence-electron chi connectivity index (χ4n) is 3.45. The molecule has 158 valence electrons.